The van der Waals surface area contributed by atoms with Crippen molar-refractivity contribution < 1.29 is 0 Å². The summed E-state index contributed by atoms with van der Waals surface area (Å²) in [6.45, 7) is 6.18. The van der Waals surface area contributed by atoms with Gasteiger partial charge < -0.3 is 4.90 Å². The largest absolute Gasteiger partial charge is 0.303 e. The SMILES string of the molecule is CCC/C=C/CCN1CCCCC1. The summed E-state index contributed by atoms with van der Waals surface area (Å²) in [6.07, 6.45) is 12.7. The van der Waals surface area contributed by atoms with E-state index in [2.05, 4.69) is 24.0 Å². The van der Waals surface area contributed by atoms with Crippen molar-refractivity contribution in [2.75, 3.05) is 19.6 Å². The Bertz CT molecular complexity index is 134. The molecule has 1 nitrogen and oxygen atoms in total. The van der Waals surface area contributed by atoms with Crippen LogP contribution in [0.4, 0.5) is 0 Å². The molecular weight excluding hydrogens is 158 g/mol. The molecule has 0 unspecified atom stereocenters. The fourth-order valence-electron chi connectivity index (χ4n) is 1.84. The van der Waals surface area contributed by atoms with Crippen molar-refractivity contribution in [2.45, 2.75) is 45.4 Å². The van der Waals surface area contributed by atoms with Gasteiger partial charge in [-0.15, -0.1) is 0 Å². The smallest absolute Gasteiger partial charge is 0.00159 e. The Morgan fingerprint density at radius 3 is 2.38 bits per heavy atom. The highest BCUT2D eigenvalue weighted by molar-refractivity contribution is 4.82. The molecule has 1 fully saturated rings. The molecule has 0 N–H and O–H groups in total. The van der Waals surface area contributed by atoms with Crippen molar-refractivity contribution in [3.05, 3.63) is 12.2 Å². The van der Waals surface area contributed by atoms with Crippen molar-refractivity contribution >= 4 is 0 Å². The lowest BCUT2D eigenvalue weighted by Crippen LogP contribution is -2.30. The van der Waals surface area contributed by atoms with E-state index in [0.29, 0.717) is 0 Å². The van der Waals surface area contributed by atoms with E-state index in [0.717, 1.165) is 0 Å². The first-order valence-electron chi connectivity index (χ1n) is 5.81. The van der Waals surface area contributed by atoms with Crippen LogP contribution in [0.2, 0.25) is 0 Å². The average molecular weight is 181 g/mol. The van der Waals surface area contributed by atoms with E-state index >= 15 is 0 Å². The number of hydrogen-bond acceptors (Lipinski definition) is 1. The summed E-state index contributed by atoms with van der Waals surface area (Å²) >= 11 is 0. The molecule has 1 heteroatoms. The summed E-state index contributed by atoms with van der Waals surface area (Å²) in [5.41, 5.74) is 0. The van der Waals surface area contributed by atoms with Crippen LogP contribution in [0.3, 0.4) is 0 Å². The number of likely N-dealkylation sites (tertiary alicyclic amines) is 1. The molecule has 76 valence electrons. The fourth-order valence-corrected chi connectivity index (χ4v) is 1.84. The number of rotatable bonds is 5. The van der Waals surface area contributed by atoms with Crippen LogP contribution >= 0.6 is 0 Å². The van der Waals surface area contributed by atoms with Gasteiger partial charge in [-0.1, -0.05) is 31.9 Å². The maximum absolute atomic E-state index is 2.60. The normalized spacial score (nSPS) is 19.8. The molecule has 0 aromatic heterocycles. The second kappa shape index (κ2) is 7.14. The molecule has 0 aliphatic carbocycles. The molecule has 0 aromatic carbocycles. The van der Waals surface area contributed by atoms with Gasteiger partial charge in [-0.25, -0.2) is 0 Å². The predicted octanol–water partition coefficient (Wildman–Crippen LogP) is 3.22. The first-order chi connectivity index (χ1) is 6.43. The van der Waals surface area contributed by atoms with Crippen molar-refractivity contribution in [3.63, 3.8) is 0 Å². The van der Waals surface area contributed by atoms with Crippen LogP contribution in [0.1, 0.15) is 45.4 Å². The van der Waals surface area contributed by atoms with E-state index in [1.807, 2.05) is 0 Å². The van der Waals surface area contributed by atoms with Crippen LogP contribution < -0.4 is 0 Å². The number of unbranched alkanes of at least 4 members (excludes halogenated alkanes) is 1. The summed E-state index contributed by atoms with van der Waals surface area (Å²) in [5, 5.41) is 0. The molecule has 0 radical (unpaired) electrons. The molecule has 0 spiro atoms. The Labute approximate surface area is 82.8 Å². The molecule has 1 saturated heterocycles. The molecule has 0 saturated carbocycles. The standard InChI is InChI=1S/C12H23N/c1-2-3-4-5-7-10-13-11-8-6-9-12-13/h4-5H,2-3,6-12H2,1H3/b5-4+. The molecule has 0 bridgehead atoms. The number of nitrogens with zero attached hydrogens (tertiary/aromatic N) is 1. The van der Waals surface area contributed by atoms with Crippen molar-refractivity contribution in [2.24, 2.45) is 0 Å². The minimum Gasteiger partial charge on any atom is -0.303 e. The Balaban J connectivity index is 1.97. The van der Waals surface area contributed by atoms with Crippen molar-refractivity contribution in [3.8, 4) is 0 Å². The van der Waals surface area contributed by atoms with E-state index in [4.69, 9.17) is 0 Å². The molecule has 1 rings (SSSR count). The third-order valence-electron chi connectivity index (χ3n) is 2.68. The Morgan fingerprint density at radius 2 is 1.69 bits per heavy atom. The topological polar surface area (TPSA) is 3.24 Å². The minimum absolute atomic E-state index is 1.25. The van der Waals surface area contributed by atoms with Gasteiger partial charge in [0.25, 0.3) is 0 Å². The third-order valence-corrected chi connectivity index (χ3v) is 2.68. The second-order valence-corrected chi connectivity index (χ2v) is 3.95. The van der Waals surface area contributed by atoms with Crippen LogP contribution in [0.15, 0.2) is 12.2 Å². The average Bonchev–Trinajstić information content (AvgIpc) is 2.19. The summed E-state index contributed by atoms with van der Waals surface area (Å²) in [4.78, 5) is 2.60. The van der Waals surface area contributed by atoms with Crippen LogP contribution in [0.5, 0.6) is 0 Å². The van der Waals surface area contributed by atoms with E-state index in [-0.39, 0.29) is 0 Å². The lowest BCUT2D eigenvalue weighted by Gasteiger charge is -2.25. The first-order valence-corrected chi connectivity index (χ1v) is 5.81. The quantitative estimate of drug-likeness (QED) is 0.589. The third kappa shape index (κ3) is 5.09. The lowest BCUT2D eigenvalue weighted by atomic mass is 10.1. The molecule has 0 amide bonds. The highest BCUT2D eigenvalue weighted by Crippen LogP contribution is 2.08. The van der Waals surface area contributed by atoms with E-state index in [9.17, 15) is 0 Å². The molecule has 0 atom stereocenters. The zero-order chi connectivity index (χ0) is 9.36. The predicted molar refractivity (Wildman–Crippen MR) is 59.0 cm³/mol. The van der Waals surface area contributed by atoms with E-state index in [1.54, 1.807) is 0 Å². The lowest BCUT2D eigenvalue weighted by molar-refractivity contribution is 0.233. The summed E-state index contributed by atoms with van der Waals surface area (Å²) < 4.78 is 0. The summed E-state index contributed by atoms with van der Waals surface area (Å²) in [6, 6.07) is 0. The number of hydrogen-bond donors (Lipinski definition) is 0. The van der Waals surface area contributed by atoms with Crippen LogP contribution in [-0.4, -0.2) is 24.5 Å². The molecule has 13 heavy (non-hydrogen) atoms. The monoisotopic (exact) mass is 181 g/mol. The van der Waals surface area contributed by atoms with Crippen molar-refractivity contribution in [1.82, 2.24) is 4.90 Å². The van der Waals surface area contributed by atoms with Crippen LogP contribution in [-0.2, 0) is 0 Å². The van der Waals surface area contributed by atoms with Crippen molar-refractivity contribution in [1.29, 1.82) is 0 Å². The Kier molecular flexibility index (Phi) is 5.92. The summed E-state index contributed by atoms with van der Waals surface area (Å²) in [7, 11) is 0. The van der Waals surface area contributed by atoms with Gasteiger partial charge in [0.05, 0.1) is 0 Å². The zero-order valence-electron chi connectivity index (χ0n) is 8.97. The van der Waals surface area contributed by atoms with Crippen LogP contribution in [0, 0.1) is 0 Å². The van der Waals surface area contributed by atoms with E-state index in [1.165, 1.54) is 58.2 Å². The maximum atomic E-state index is 2.60. The highest BCUT2D eigenvalue weighted by atomic mass is 15.1. The van der Waals surface area contributed by atoms with Gasteiger partial charge in [0.15, 0.2) is 0 Å². The van der Waals surface area contributed by atoms with Gasteiger partial charge in [0, 0.05) is 6.54 Å². The molecule has 0 aromatic rings. The van der Waals surface area contributed by atoms with Gasteiger partial charge in [-0.3, -0.25) is 0 Å². The molecular formula is C12H23N. The Hall–Kier alpha value is -0.300. The zero-order valence-corrected chi connectivity index (χ0v) is 8.97. The van der Waals surface area contributed by atoms with Gasteiger partial charge in [0.2, 0.25) is 0 Å². The Morgan fingerprint density at radius 1 is 1.00 bits per heavy atom. The molecule has 1 heterocycles. The number of piperidine rings is 1. The fraction of sp³-hybridized carbons (Fsp3) is 0.833. The molecule has 1 aliphatic heterocycles. The van der Waals surface area contributed by atoms with Crippen LogP contribution in [0.25, 0.3) is 0 Å². The number of allylic oxidation sites excluding steroid dienone is 1. The first kappa shape index (κ1) is 10.8. The van der Waals surface area contributed by atoms with Gasteiger partial charge in [0.1, 0.15) is 0 Å². The summed E-state index contributed by atoms with van der Waals surface area (Å²) in [5.74, 6) is 0. The van der Waals surface area contributed by atoms with Gasteiger partial charge >= 0.3 is 0 Å². The minimum atomic E-state index is 1.25. The molecule has 1 aliphatic rings. The van der Waals surface area contributed by atoms with Gasteiger partial charge in [-0.05, 0) is 38.8 Å². The van der Waals surface area contributed by atoms with Gasteiger partial charge in [-0.2, -0.15) is 0 Å². The highest BCUT2D eigenvalue weighted by Gasteiger charge is 2.07. The van der Waals surface area contributed by atoms with E-state index < -0.39 is 0 Å². The second-order valence-electron chi connectivity index (χ2n) is 3.95. The maximum Gasteiger partial charge on any atom is 0.00159 e.